The largest absolute Gasteiger partial charge is 0.335 e. The first kappa shape index (κ1) is 16.2. The van der Waals surface area contributed by atoms with Crippen LogP contribution in [0.4, 0.5) is 0 Å². The Morgan fingerprint density at radius 2 is 1.96 bits per heavy atom. The van der Waals surface area contributed by atoms with Gasteiger partial charge in [-0.25, -0.2) is 0 Å². The van der Waals surface area contributed by atoms with Crippen molar-refractivity contribution in [3.8, 4) is 0 Å². The molecule has 0 aliphatic carbocycles. The second-order valence-corrected chi connectivity index (χ2v) is 7.11. The topological polar surface area (TPSA) is 37.4 Å². The molecule has 0 bridgehead atoms. The zero-order valence-corrected chi connectivity index (χ0v) is 14.3. The minimum Gasteiger partial charge on any atom is -0.335 e. The molecule has 3 rings (SSSR count). The van der Waals surface area contributed by atoms with Crippen molar-refractivity contribution in [1.82, 2.24) is 4.90 Å². The summed E-state index contributed by atoms with van der Waals surface area (Å²) in [5.74, 6) is 0.0603. The number of Topliss-reactive ketones (excluding diaryl/α,β-unsaturated/α-hetero) is 1. The second kappa shape index (κ2) is 7.28. The molecule has 1 aliphatic rings. The Morgan fingerprint density at radius 3 is 2.65 bits per heavy atom. The maximum absolute atomic E-state index is 12.5. The first-order valence-corrected chi connectivity index (χ1v) is 9.02. The van der Waals surface area contributed by atoms with Gasteiger partial charge in [-0.3, -0.25) is 9.59 Å². The zero-order valence-electron chi connectivity index (χ0n) is 12.7. The molecule has 120 valence electrons. The number of amides is 1. The summed E-state index contributed by atoms with van der Waals surface area (Å²) in [5.41, 5.74) is 0.610. The van der Waals surface area contributed by atoms with Crippen molar-refractivity contribution in [2.45, 2.75) is 31.7 Å². The van der Waals surface area contributed by atoms with Crippen molar-refractivity contribution in [1.29, 1.82) is 0 Å². The van der Waals surface area contributed by atoms with Crippen LogP contribution in [0.15, 0.2) is 41.8 Å². The molecule has 23 heavy (non-hydrogen) atoms. The van der Waals surface area contributed by atoms with E-state index in [2.05, 4.69) is 6.07 Å². The highest BCUT2D eigenvalue weighted by Gasteiger charge is 2.30. The van der Waals surface area contributed by atoms with Gasteiger partial charge in [0.25, 0.3) is 0 Å². The van der Waals surface area contributed by atoms with Gasteiger partial charge in [-0.2, -0.15) is 0 Å². The number of hydrogen-bond donors (Lipinski definition) is 0. The molecule has 1 fully saturated rings. The van der Waals surface area contributed by atoms with Crippen LogP contribution < -0.4 is 0 Å². The number of rotatable bonds is 5. The van der Waals surface area contributed by atoms with Gasteiger partial charge >= 0.3 is 0 Å². The van der Waals surface area contributed by atoms with Gasteiger partial charge < -0.3 is 4.90 Å². The van der Waals surface area contributed by atoms with Gasteiger partial charge in [0.1, 0.15) is 0 Å². The summed E-state index contributed by atoms with van der Waals surface area (Å²) in [6, 6.07) is 11.1. The molecular formula is C18H18ClNO2S. The van der Waals surface area contributed by atoms with E-state index < -0.39 is 0 Å². The summed E-state index contributed by atoms with van der Waals surface area (Å²) in [7, 11) is 0. The molecular weight excluding hydrogens is 330 g/mol. The smallest absolute Gasteiger partial charge is 0.223 e. The van der Waals surface area contributed by atoms with E-state index in [0.717, 1.165) is 19.4 Å². The first-order valence-electron chi connectivity index (χ1n) is 7.77. The number of thiophene rings is 1. The minimum absolute atomic E-state index is 0.0121. The standard InChI is InChI=1S/C18H18ClNO2S/c19-14-7-5-13(6-8-14)16(21)9-10-18(22)20-11-1-3-15(20)17-4-2-12-23-17/h2,4-8,12,15H,1,3,9-11H2. The van der Waals surface area contributed by atoms with E-state index in [1.807, 2.05) is 16.3 Å². The number of hydrogen-bond acceptors (Lipinski definition) is 3. The Balaban J connectivity index is 1.58. The van der Waals surface area contributed by atoms with Crippen molar-refractivity contribution in [2.24, 2.45) is 0 Å². The highest BCUT2D eigenvalue weighted by atomic mass is 35.5. The third-order valence-corrected chi connectivity index (χ3v) is 5.40. The Bertz CT molecular complexity index is 682. The number of likely N-dealkylation sites (tertiary alicyclic amines) is 1. The molecule has 1 saturated heterocycles. The number of nitrogens with zero attached hydrogens (tertiary/aromatic N) is 1. The van der Waals surface area contributed by atoms with Crippen LogP contribution in [-0.2, 0) is 4.79 Å². The van der Waals surface area contributed by atoms with Gasteiger partial charge in [0, 0.05) is 34.8 Å². The fraction of sp³-hybridized carbons (Fsp3) is 0.333. The normalized spacial score (nSPS) is 17.4. The van der Waals surface area contributed by atoms with E-state index in [0.29, 0.717) is 10.6 Å². The first-order chi connectivity index (χ1) is 11.1. The van der Waals surface area contributed by atoms with Gasteiger partial charge in [0.15, 0.2) is 5.78 Å². The van der Waals surface area contributed by atoms with E-state index in [1.165, 1.54) is 4.88 Å². The van der Waals surface area contributed by atoms with E-state index in [-0.39, 0.29) is 30.6 Å². The Hall–Kier alpha value is -1.65. The van der Waals surface area contributed by atoms with Crippen LogP contribution in [0.3, 0.4) is 0 Å². The number of benzene rings is 1. The summed E-state index contributed by atoms with van der Waals surface area (Å²) in [6.45, 7) is 0.788. The number of carbonyl (C=O) groups excluding carboxylic acids is 2. The molecule has 1 amide bonds. The lowest BCUT2D eigenvalue weighted by molar-refractivity contribution is -0.132. The molecule has 5 heteroatoms. The molecule has 0 radical (unpaired) electrons. The van der Waals surface area contributed by atoms with Crippen LogP contribution in [0.2, 0.25) is 5.02 Å². The third-order valence-electron chi connectivity index (χ3n) is 4.18. The van der Waals surface area contributed by atoms with E-state index in [1.54, 1.807) is 35.6 Å². The summed E-state index contributed by atoms with van der Waals surface area (Å²) < 4.78 is 0. The van der Waals surface area contributed by atoms with Crippen LogP contribution in [0.25, 0.3) is 0 Å². The summed E-state index contributed by atoms with van der Waals surface area (Å²) in [5, 5.41) is 2.65. The van der Waals surface area contributed by atoms with Crippen LogP contribution in [0.5, 0.6) is 0 Å². The molecule has 1 atom stereocenters. The summed E-state index contributed by atoms with van der Waals surface area (Å²) in [6.07, 6.45) is 2.55. The molecule has 2 heterocycles. The van der Waals surface area contributed by atoms with Crippen LogP contribution in [-0.4, -0.2) is 23.1 Å². The molecule has 1 aromatic heterocycles. The summed E-state index contributed by atoms with van der Waals surface area (Å²) >= 11 is 7.51. The zero-order chi connectivity index (χ0) is 16.2. The lowest BCUT2D eigenvalue weighted by atomic mass is 10.1. The van der Waals surface area contributed by atoms with Gasteiger partial charge in [-0.1, -0.05) is 17.7 Å². The Morgan fingerprint density at radius 1 is 1.17 bits per heavy atom. The summed E-state index contributed by atoms with van der Waals surface area (Å²) in [4.78, 5) is 27.8. The highest BCUT2D eigenvalue weighted by Crippen LogP contribution is 2.34. The molecule has 2 aromatic rings. The molecule has 3 nitrogen and oxygen atoms in total. The maximum atomic E-state index is 12.5. The van der Waals surface area contributed by atoms with Crippen molar-refractivity contribution in [3.63, 3.8) is 0 Å². The third kappa shape index (κ3) is 3.82. The molecule has 0 spiro atoms. The van der Waals surface area contributed by atoms with Crippen LogP contribution >= 0.6 is 22.9 Å². The van der Waals surface area contributed by atoms with Crippen molar-refractivity contribution in [2.75, 3.05) is 6.54 Å². The Labute approximate surface area is 144 Å². The lowest BCUT2D eigenvalue weighted by Gasteiger charge is -2.23. The molecule has 1 aliphatic heterocycles. The van der Waals surface area contributed by atoms with Crippen molar-refractivity contribution >= 4 is 34.6 Å². The quantitative estimate of drug-likeness (QED) is 0.733. The predicted molar refractivity (Wildman–Crippen MR) is 93.0 cm³/mol. The van der Waals surface area contributed by atoms with E-state index in [4.69, 9.17) is 11.6 Å². The van der Waals surface area contributed by atoms with Gasteiger partial charge in [0.05, 0.1) is 6.04 Å². The molecule has 1 aromatic carbocycles. The molecule has 1 unspecified atom stereocenters. The van der Waals surface area contributed by atoms with Gasteiger partial charge in [-0.15, -0.1) is 11.3 Å². The van der Waals surface area contributed by atoms with Crippen molar-refractivity contribution in [3.05, 3.63) is 57.2 Å². The highest BCUT2D eigenvalue weighted by molar-refractivity contribution is 7.10. The maximum Gasteiger partial charge on any atom is 0.223 e. The van der Waals surface area contributed by atoms with E-state index >= 15 is 0 Å². The lowest BCUT2D eigenvalue weighted by Crippen LogP contribution is -2.30. The van der Waals surface area contributed by atoms with Crippen LogP contribution in [0, 0.1) is 0 Å². The second-order valence-electron chi connectivity index (χ2n) is 5.69. The SMILES string of the molecule is O=C(CCC(=O)N1CCCC1c1cccs1)c1ccc(Cl)cc1. The fourth-order valence-electron chi connectivity index (χ4n) is 2.99. The predicted octanol–water partition coefficient (Wildman–Crippen LogP) is 4.73. The minimum atomic E-state index is -0.0121. The number of ketones is 1. The van der Waals surface area contributed by atoms with Crippen molar-refractivity contribution < 1.29 is 9.59 Å². The van der Waals surface area contributed by atoms with Crippen LogP contribution in [0.1, 0.15) is 47.0 Å². The molecule has 0 saturated carbocycles. The molecule has 0 N–H and O–H groups in total. The average Bonchev–Trinajstić information content (AvgIpc) is 3.23. The van der Waals surface area contributed by atoms with E-state index in [9.17, 15) is 9.59 Å². The average molecular weight is 348 g/mol. The van der Waals surface area contributed by atoms with Gasteiger partial charge in [0.2, 0.25) is 5.91 Å². The fourth-order valence-corrected chi connectivity index (χ4v) is 3.99. The van der Waals surface area contributed by atoms with Gasteiger partial charge in [-0.05, 0) is 48.6 Å². The number of halogens is 1. The monoisotopic (exact) mass is 347 g/mol. The Kier molecular flexibility index (Phi) is 5.13. The number of carbonyl (C=O) groups is 2.